The SMILES string of the molecule is Cc1ccc(C(CO)Nc2ccc(Br)cc2)cc1F. The summed E-state index contributed by atoms with van der Waals surface area (Å²) in [5, 5.41) is 12.6. The van der Waals surface area contributed by atoms with E-state index >= 15 is 0 Å². The first-order valence-corrected chi connectivity index (χ1v) is 6.78. The van der Waals surface area contributed by atoms with Gasteiger partial charge in [0.25, 0.3) is 0 Å². The monoisotopic (exact) mass is 323 g/mol. The topological polar surface area (TPSA) is 32.3 Å². The van der Waals surface area contributed by atoms with Gasteiger partial charge in [0.15, 0.2) is 0 Å². The Labute approximate surface area is 120 Å². The van der Waals surface area contributed by atoms with E-state index in [2.05, 4.69) is 21.2 Å². The number of aryl methyl sites for hydroxylation is 1. The van der Waals surface area contributed by atoms with Gasteiger partial charge in [0.1, 0.15) is 5.82 Å². The van der Waals surface area contributed by atoms with Crippen molar-refractivity contribution in [1.82, 2.24) is 0 Å². The van der Waals surface area contributed by atoms with Crippen molar-refractivity contribution in [2.45, 2.75) is 13.0 Å². The average molecular weight is 324 g/mol. The van der Waals surface area contributed by atoms with Crippen molar-refractivity contribution in [2.24, 2.45) is 0 Å². The number of halogens is 2. The molecule has 2 aromatic rings. The van der Waals surface area contributed by atoms with Gasteiger partial charge in [-0.15, -0.1) is 0 Å². The van der Waals surface area contributed by atoms with Crippen molar-refractivity contribution < 1.29 is 9.50 Å². The van der Waals surface area contributed by atoms with Crippen LogP contribution in [0.2, 0.25) is 0 Å². The Morgan fingerprint density at radius 1 is 1.21 bits per heavy atom. The molecule has 1 unspecified atom stereocenters. The largest absolute Gasteiger partial charge is 0.394 e. The lowest BCUT2D eigenvalue weighted by Crippen LogP contribution is -2.15. The number of hydrogen-bond acceptors (Lipinski definition) is 2. The fraction of sp³-hybridized carbons (Fsp3) is 0.200. The summed E-state index contributed by atoms with van der Waals surface area (Å²) in [6.45, 7) is 1.62. The van der Waals surface area contributed by atoms with Crippen molar-refractivity contribution in [3.63, 3.8) is 0 Å². The number of benzene rings is 2. The molecule has 0 saturated heterocycles. The molecular formula is C15H15BrFNO. The molecule has 0 aliphatic carbocycles. The summed E-state index contributed by atoms with van der Waals surface area (Å²) >= 11 is 3.36. The normalized spacial score (nSPS) is 12.2. The summed E-state index contributed by atoms with van der Waals surface area (Å²) in [7, 11) is 0. The third kappa shape index (κ3) is 3.55. The Hall–Kier alpha value is -1.39. The van der Waals surface area contributed by atoms with E-state index in [-0.39, 0.29) is 18.5 Å². The minimum absolute atomic E-state index is 0.0986. The lowest BCUT2D eigenvalue weighted by Gasteiger charge is -2.18. The third-order valence-electron chi connectivity index (χ3n) is 2.97. The molecule has 0 saturated carbocycles. The van der Waals surface area contributed by atoms with Gasteiger partial charge in [-0.3, -0.25) is 0 Å². The molecule has 0 spiro atoms. The molecule has 0 aliphatic rings. The molecule has 0 aliphatic heterocycles. The standard InChI is InChI=1S/C15H15BrFNO/c1-10-2-3-11(8-14(10)17)15(9-19)18-13-6-4-12(16)5-7-13/h2-8,15,18-19H,9H2,1H3. The van der Waals surface area contributed by atoms with E-state index in [1.54, 1.807) is 13.0 Å². The van der Waals surface area contributed by atoms with Gasteiger partial charge in [-0.25, -0.2) is 4.39 Å². The molecule has 2 nitrogen and oxygen atoms in total. The van der Waals surface area contributed by atoms with Gasteiger partial charge in [0, 0.05) is 10.2 Å². The van der Waals surface area contributed by atoms with Crippen molar-refractivity contribution in [3.8, 4) is 0 Å². The van der Waals surface area contributed by atoms with E-state index in [0.717, 1.165) is 15.7 Å². The first-order chi connectivity index (χ1) is 9.10. The minimum Gasteiger partial charge on any atom is -0.394 e. The highest BCUT2D eigenvalue weighted by molar-refractivity contribution is 9.10. The Bertz CT molecular complexity index is 557. The van der Waals surface area contributed by atoms with E-state index in [9.17, 15) is 9.50 Å². The Kier molecular flexibility index (Phi) is 4.56. The van der Waals surface area contributed by atoms with Gasteiger partial charge in [-0.2, -0.15) is 0 Å². The molecule has 0 heterocycles. The second-order valence-corrected chi connectivity index (χ2v) is 5.31. The van der Waals surface area contributed by atoms with Crippen LogP contribution in [0, 0.1) is 12.7 Å². The number of aliphatic hydroxyl groups excluding tert-OH is 1. The summed E-state index contributed by atoms with van der Waals surface area (Å²) in [4.78, 5) is 0. The molecule has 0 radical (unpaired) electrons. The zero-order chi connectivity index (χ0) is 13.8. The van der Waals surface area contributed by atoms with E-state index in [4.69, 9.17) is 0 Å². The van der Waals surface area contributed by atoms with Crippen molar-refractivity contribution in [1.29, 1.82) is 0 Å². The average Bonchev–Trinajstić information content (AvgIpc) is 2.41. The number of aliphatic hydroxyl groups is 1. The second-order valence-electron chi connectivity index (χ2n) is 4.40. The van der Waals surface area contributed by atoms with Crippen LogP contribution in [0.5, 0.6) is 0 Å². The predicted octanol–water partition coefficient (Wildman–Crippen LogP) is 4.04. The maximum Gasteiger partial charge on any atom is 0.126 e. The molecule has 2 aromatic carbocycles. The van der Waals surface area contributed by atoms with Crippen LogP contribution in [0.3, 0.4) is 0 Å². The summed E-state index contributed by atoms with van der Waals surface area (Å²) in [5.74, 6) is -0.256. The Balaban J connectivity index is 2.19. The highest BCUT2D eigenvalue weighted by atomic mass is 79.9. The van der Waals surface area contributed by atoms with Crippen molar-refractivity contribution >= 4 is 21.6 Å². The van der Waals surface area contributed by atoms with Gasteiger partial charge < -0.3 is 10.4 Å². The van der Waals surface area contributed by atoms with Gasteiger partial charge >= 0.3 is 0 Å². The summed E-state index contributed by atoms with van der Waals surface area (Å²) in [6.07, 6.45) is 0. The van der Waals surface area contributed by atoms with Crippen LogP contribution < -0.4 is 5.32 Å². The van der Waals surface area contributed by atoms with Crippen LogP contribution in [0.25, 0.3) is 0 Å². The lowest BCUT2D eigenvalue weighted by molar-refractivity contribution is 0.276. The van der Waals surface area contributed by atoms with Crippen LogP contribution >= 0.6 is 15.9 Å². The molecule has 19 heavy (non-hydrogen) atoms. The van der Waals surface area contributed by atoms with Gasteiger partial charge in [0.2, 0.25) is 0 Å². The molecule has 0 fully saturated rings. The van der Waals surface area contributed by atoms with Crippen molar-refractivity contribution in [2.75, 3.05) is 11.9 Å². The molecule has 100 valence electrons. The molecule has 2 N–H and O–H groups in total. The van der Waals surface area contributed by atoms with Crippen LogP contribution in [-0.2, 0) is 0 Å². The fourth-order valence-electron chi connectivity index (χ4n) is 1.81. The molecular weight excluding hydrogens is 309 g/mol. The van der Waals surface area contributed by atoms with E-state index in [0.29, 0.717) is 5.56 Å². The van der Waals surface area contributed by atoms with Gasteiger partial charge in [-0.1, -0.05) is 28.1 Å². The maximum absolute atomic E-state index is 13.6. The van der Waals surface area contributed by atoms with Crippen LogP contribution in [0.4, 0.5) is 10.1 Å². The first kappa shape index (κ1) is 14.0. The van der Waals surface area contributed by atoms with E-state index in [1.165, 1.54) is 6.07 Å². The lowest BCUT2D eigenvalue weighted by atomic mass is 10.0. The highest BCUT2D eigenvalue weighted by Gasteiger charge is 2.11. The molecule has 0 bridgehead atoms. The van der Waals surface area contributed by atoms with Crippen molar-refractivity contribution in [3.05, 3.63) is 63.9 Å². The minimum atomic E-state index is -0.323. The zero-order valence-corrected chi connectivity index (χ0v) is 12.1. The Morgan fingerprint density at radius 3 is 2.47 bits per heavy atom. The number of rotatable bonds is 4. The predicted molar refractivity (Wildman–Crippen MR) is 78.7 cm³/mol. The first-order valence-electron chi connectivity index (χ1n) is 5.99. The molecule has 2 rings (SSSR count). The summed E-state index contributed by atoms with van der Waals surface area (Å²) in [6, 6.07) is 12.3. The van der Waals surface area contributed by atoms with Gasteiger partial charge in [0.05, 0.1) is 12.6 Å². The zero-order valence-electron chi connectivity index (χ0n) is 10.5. The molecule has 4 heteroatoms. The fourth-order valence-corrected chi connectivity index (χ4v) is 2.07. The number of hydrogen-bond donors (Lipinski definition) is 2. The van der Waals surface area contributed by atoms with Gasteiger partial charge in [-0.05, 0) is 48.4 Å². The summed E-state index contributed by atoms with van der Waals surface area (Å²) in [5.41, 5.74) is 2.21. The van der Waals surface area contributed by atoms with Crippen LogP contribution in [0.15, 0.2) is 46.9 Å². The Morgan fingerprint density at radius 2 is 1.89 bits per heavy atom. The smallest absolute Gasteiger partial charge is 0.126 e. The second kappa shape index (κ2) is 6.17. The quantitative estimate of drug-likeness (QED) is 0.889. The third-order valence-corrected chi connectivity index (χ3v) is 3.49. The van der Waals surface area contributed by atoms with E-state index < -0.39 is 0 Å². The van der Waals surface area contributed by atoms with Crippen LogP contribution in [0.1, 0.15) is 17.2 Å². The number of nitrogens with one attached hydrogen (secondary N) is 1. The number of anilines is 1. The maximum atomic E-state index is 13.6. The molecule has 0 aromatic heterocycles. The molecule has 1 atom stereocenters. The highest BCUT2D eigenvalue weighted by Crippen LogP contribution is 2.22. The van der Waals surface area contributed by atoms with E-state index in [1.807, 2.05) is 30.3 Å². The molecule has 0 amide bonds. The van der Waals surface area contributed by atoms with Crippen LogP contribution in [-0.4, -0.2) is 11.7 Å². The summed E-state index contributed by atoms with van der Waals surface area (Å²) < 4.78 is 14.5.